The minimum Gasteiger partial charge on any atom is -0.416 e. The van der Waals surface area contributed by atoms with Gasteiger partial charge in [0.25, 0.3) is 0 Å². The number of hydrogen-bond donors (Lipinski definition) is 0. The van der Waals surface area contributed by atoms with Crippen molar-refractivity contribution in [1.82, 2.24) is 24.7 Å². The first-order chi connectivity index (χ1) is 21.3. The van der Waals surface area contributed by atoms with Gasteiger partial charge >= 0.3 is 0 Å². The third-order valence-corrected chi connectivity index (χ3v) is 7.52. The van der Waals surface area contributed by atoms with Crippen LogP contribution in [0, 0.1) is 0 Å². The van der Waals surface area contributed by atoms with Crippen molar-refractivity contribution >= 4 is 38.9 Å². The van der Waals surface area contributed by atoms with E-state index in [-0.39, 0.29) is 0 Å². The molecular weight excluding hydrogens is 532 g/mol. The van der Waals surface area contributed by atoms with Crippen LogP contribution in [0.5, 0.6) is 0 Å². The van der Waals surface area contributed by atoms with Crippen molar-refractivity contribution in [1.29, 1.82) is 0 Å². The molecule has 0 bridgehead atoms. The van der Waals surface area contributed by atoms with Crippen LogP contribution >= 0.6 is 0 Å². The molecule has 0 aliphatic heterocycles. The van der Waals surface area contributed by atoms with Crippen molar-refractivity contribution in [2.24, 2.45) is 0 Å². The van der Waals surface area contributed by atoms with Gasteiger partial charge in [0.15, 0.2) is 0 Å². The molecule has 7 heteroatoms. The maximum absolute atomic E-state index is 6.28. The Labute approximate surface area is 247 Å². The van der Waals surface area contributed by atoms with Crippen LogP contribution in [0.3, 0.4) is 0 Å². The van der Waals surface area contributed by atoms with Crippen molar-refractivity contribution < 1.29 is 4.42 Å². The molecule has 0 fully saturated rings. The lowest BCUT2D eigenvalue weighted by atomic mass is 10.1. The second kappa shape index (κ2) is 10.4. The summed E-state index contributed by atoms with van der Waals surface area (Å²) in [5.74, 6) is 0.918. The predicted octanol–water partition coefficient (Wildman–Crippen LogP) is 8.76. The van der Waals surface area contributed by atoms with Crippen molar-refractivity contribution in [3.63, 3.8) is 0 Å². The van der Waals surface area contributed by atoms with E-state index in [1.807, 2.05) is 67.0 Å². The molecule has 4 heterocycles. The lowest BCUT2D eigenvalue weighted by molar-refractivity contribution is 0.584. The van der Waals surface area contributed by atoms with E-state index in [1.165, 1.54) is 0 Å². The molecule has 0 saturated heterocycles. The van der Waals surface area contributed by atoms with Crippen molar-refractivity contribution in [3.05, 3.63) is 146 Å². The summed E-state index contributed by atoms with van der Waals surface area (Å²) in [6.45, 7) is 0. The fourth-order valence-corrected chi connectivity index (χ4v) is 5.61. The zero-order valence-corrected chi connectivity index (χ0v) is 22.9. The van der Waals surface area contributed by atoms with Crippen LogP contribution < -0.4 is 4.90 Å². The molecule has 0 amide bonds. The van der Waals surface area contributed by atoms with Crippen LogP contribution in [0.4, 0.5) is 17.1 Å². The first-order valence-electron chi connectivity index (χ1n) is 14.0. The van der Waals surface area contributed by atoms with E-state index in [1.54, 1.807) is 12.4 Å². The van der Waals surface area contributed by atoms with E-state index in [9.17, 15) is 0 Å². The van der Waals surface area contributed by atoms with Crippen LogP contribution in [0.15, 0.2) is 151 Å². The smallest absolute Gasteiger partial charge is 0.248 e. The summed E-state index contributed by atoms with van der Waals surface area (Å²) in [5.41, 5.74) is 7.84. The minimum atomic E-state index is 0.453. The molecule has 43 heavy (non-hydrogen) atoms. The second-order valence-electron chi connectivity index (χ2n) is 10.1. The van der Waals surface area contributed by atoms with Crippen molar-refractivity contribution in [2.75, 3.05) is 4.90 Å². The number of benzene rings is 4. The molecule has 204 valence electrons. The van der Waals surface area contributed by atoms with Gasteiger partial charge in [0.1, 0.15) is 0 Å². The summed E-state index contributed by atoms with van der Waals surface area (Å²) >= 11 is 0. The average molecular weight is 557 g/mol. The minimum absolute atomic E-state index is 0.453. The molecule has 0 aliphatic carbocycles. The largest absolute Gasteiger partial charge is 0.416 e. The molecule has 7 nitrogen and oxygen atoms in total. The Morgan fingerprint density at radius 2 is 1.21 bits per heavy atom. The van der Waals surface area contributed by atoms with Gasteiger partial charge < -0.3 is 13.9 Å². The van der Waals surface area contributed by atoms with Crippen molar-refractivity contribution in [3.8, 4) is 28.6 Å². The Morgan fingerprint density at radius 3 is 2.00 bits per heavy atom. The number of nitrogens with zero attached hydrogens (tertiary/aromatic N) is 6. The number of aromatic nitrogens is 5. The zero-order valence-electron chi connectivity index (χ0n) is 22.9. The van der Waals surface area contributed by atoms with E-state index in [0.717, 1.165) is 55.7 Å². The van der Waals surface area contributed by atoms with Crippen LogP contribution in [0.2, 0.25) is 0 Å². The summed E-state index contributed by atoms with van der Waals surface area (Å²) in [6.07, 6.45) is 7.30. The van der Waals surface area contributed by atoms with E-state index in [2.05, 4.69) is 96.4 Å². The Hall–Kier alpha value is -6.08. The number of para-hydroxylation sites is 2. The van der Waals surface area contributed by atoms with Crippen LogP contribution in [0.1, 0.15) is 0 Å². The summed E-state index contributed by atoms with van der Waals surface area (Å²) in [4.78, 5) is 10.8. The molecule has 0 aliphatic rings. The molecule has 4 aromatic heterocycles. The van der Waals surface area contributed by atoms with Gasteiger partial charge in [-0.25, -0.2) is 0 Å². The quantitative estimate of drug-likeness (QED) is 0.204. The Morgan fingerprint density at radius 1 is 0.512 bits per heavy atom. The van der Waals surface area contributed by atoms with Gasteiger partial charge in [-0.15, -0.1) is 10.2 Å². The average Bonchev–Trinajstić information content (AvgIpc) is 3.70. The highest BCUT2D eigenvalue weighted by Crippen LogP contribution is 2.37. The Balaban J connectivity index is 1.19. The molecule has 0 spiro atoms. The van der Waals surface area contributed by atoms with Crippen LogP contribution in [-0.2, 0) is 0 Å². The summed E-state index contributed by atoms with van der Waals surface area (Å²) < 4.78 is 8.51. The Bertz CT molecular complexity index is 2150. The number of rotatable bonds is 6. The third kappa shape index (κ3) is 4.40. The van der Waals surface area contributed by atoms with Gasteiger partial charge in [-0.1, -0.05) is 42.5 Å². The second-order valence-corrected chi connectivity index (χ2v) is 10.1. The summed E-state index contributed by atoms with van der Waals surface area (Å²) in [5, 5.41) is 11.1. The molecule has 8 rings (SSSR count). The van der Waals surface area contributed by atoms with Gasteiger partial charge in [-0.05, 0) is 78.9 Å². The van der Waals surface area contributed by atoms with Gasteiger partial charge in [0, 0.05) is 45.7 Å². The topological polar surface area (TPSA) is 72.9 Å². The van der Waals surface area contributed by atoms with Gasteiger partial charge in [-0.2, -0.15) is 0 Å². The van der Waals surface area contributed by atoms with Gasteiger partial charge in [0.05, 0.1) is 34.8 Å². The van der Waals surface area contributed by atoms with Crippen LogP contribution in [-0.4, -0.2) is 24.7 Å². The number of fused-ring (bicyclic) bond motifs is 3. The highest BCUT2D eigenvalue weighted by atomic mass is 16.4. The predicted molar refractivity (Wildman–Crippen MR) is 170 cm³/mol. The first kappa shape index (κ1) is 24.7. The fourth-order valence-electron chi connectivity index (χ4n) is 5.61. The zero-order chi connectivity index (χ0) is 28.6. The highest BCUT2D eigenvalue weighted by molar-refractivity contribution is 6.10. The van der Waals surface area contributed by atoms with E-state index >= 15 is 0 Å². The molecule has 0 atom stereocenters. The standard InChI is InChI=1S/C36H24N6O/c1-2-10-27(11-3-1)41(29-13-7-19-37-23-29)28-12-6-9-25(21-28)35-39-40-36(43-35)26-17-18-34-32(22-26)31-15-4-5-16-33(31)42(34)30-14-8-20-38-24-30/h1-24H. The van der Waals surface area contributed by atoms with E-state index < -0.39 is 0 Å². The molecule has 0 unspecified atom stereocenters. The summed E-state index contributed by atoms with van der Waals surface area (Å²) in [7, 11) is 0. The maximum atomic E-state index is 6.28. The molecule has 8 aromatic rings. The SMILES string of the molecule is c1ccc(N(c2cccnc2)c2cccc(-c3nnc(-c4ccc5c(c4)c4ccccc4n5-c4cccnc4)o3)c2)cc1. The van der Waals surface area contributed by atoms with E-state index in [4.69, 9.17) is 4.42 Å². The number of pyridine rings is 2. The lowest BCUT2D eigenvalue weighted by Crippen LogP contribution is -2.10. The third-order valence-electron chi connectivity index (χ3n) is 7.52. The Kier molecular flexibility index (Phi) is 5.97. The van der Waals surface area contributed by atoms with E-state index in [0.29, 0.717) is 11.8 Å². The fraction of sp³-hybridized carbons (Fsp3) is 0. The number of hydrogen-bond acceptors (Lipinski definition) is 6. The molecule has 0 radical (unpaired) electrons. The molecule has 0 N–H and O–H groups in total. The maximum Gasteiger partial charge on any atom is 0.248 e. The van der Waals surface area contributed by atoms with Crippen LogP contribution in [0.25, 0.3) is 50.4 Å². The normalized spacial score (nSPS) is 11.3. The first-order valence-corrected chi connectivity index (χ1v) is 14.0. The molecular formula is C36H24N6O. The monoisotopic (exact) mass is 556 g/mol. The lowest BCUT2D eigenvalue weighted by Gasteiger charge is -2.25. The molecule has 4 aromatic carbocycles. The molecule has 0 saturated carbocycles. The summed E-state index contributed by atoms with van der Waals surface area (Å²) in [6, 6.07) is 41.0. The van der Waals surface area contributed by atoms with Crippen molar-refractivity contribution in [2.45, 2.75) is 0 Å². The van der Waals surface area contributed by atoms with Gasteiger partial charge in [-0.3, -0.25) is 9.97 Å². The number of anilines is 3. The highest BCUT2D eigenvalue weighted by Gasteiger charge is 2.18. The van der Waals surface area contributed by atoms with Gasteiger partial charge in [0.2, 0.25) is 11.8 Å².